The van der Waals surface area contributed by atoms with Crippen molar-refractivity contribution in [3.63, 3.8) is 0 Å². The van der Waals surface area contributed by atoms with Gasteiger partial charge in [0.2, 0.25) is 0 Å². The van der Waals surface area contributed by atoms with E-state index in [1.165, 1.54) is 37.8 Å². The number of rotatable bonds is 5. The molecule has 3 heteroatoms. The molecule has 1 aliphatic rings. The van der Waals surface area contributed by atoms with Gasteiger partial charge in [-0.3, -0.25) is 0 Å². The number of hydrogen-bond acceptors (Lipinski definition) is 2. The molecule has 1 aromatic heterocycles. The second kappa shape index (κ2) is 5.00. The van der Waals surface area contributed by atoms with Crippen LogP contribution in [0.5, 0.6) is 0 Å². The standard InChI is InChI=1S/C13H23N3/c1-3-13(6-4-5-7-13)10-14-8-12-9-15-11(2)16-12/h9,14H,3-8,10H2,1-2H3,(H,15,16). The van der Waals surface area contributed by atoms with E-state index < -0.39 is 0 Å². The Morgan fingerprint density at radius 3 is 2.75 bits per heavy atom. The summed E-state index contributed by atoms with van der Waals surface area (Å²) in [7, 11) is 0. The lowest BCUT2D eigenvalue weighted by Crippen LogP contribution is -2.31. The second-order valence-corrected chi connectivity index (χ2v) is 5.16. The average molecular weight is 221 g/mol. The number of imidazole rings is 1. The number of hydrogen-bond donors (Lipinski definition) is 2. The first-order valence-electron chi connectivity index (χ1n) is 6.45. The molecule has 1 aliphatic carbocycles. The number of H-pyrrole nitrogens is 1. The van der Waals surface area contributed by atoms with Crippen molar-refractivity contribution in [3.05, 3.63) is 17.7 Å². The minimum atomic E-state index is 0.578. The van der Waals surface area contributed by atoms with Gasteiger partial charge in [-0.1, -0.05) is 19.8 Å². The first-order valence-corrected chi connectivity index (χ1v) is 6.45. The number of aromatic amines is 1. The molecule has 0 aliphatic heterocycles. The fourth-order valence-corrected chi connectivity index (χ4v) is 2.80. The Morgan fingerprint density at radius 1 is 1.44 bits per heavy atom. The number of aromatic nitrogens is 2. The molecule has 0 radical (unpaired) electrons. The lowest BCUT2D eigenvalue weighted by molar-refractivity contribution is 0.268. The molecule has 0 unspecified atom stereocenters. The normalized spacial score (nSPS) is 19.1. The Hall–Kier alpha value is -0.830. The van der Waals surface area contributed by atoms with Crippen molar-refractivity contribution in [1.29, 1.82) is 0 Å². The van der Waals surface area contributed by atoms with Gasteiger partial charge in [-0.05, 0) is 31.6 Å². The van der Waals surface area contributed by atoms with Crippen LogP contribution in [0.1, 0.15) is 50.5 Å². The third-order valence-electron chi connectivity index (χ3n) is 3.99. The van der Waals surface area contributed by atoms with Crippen LogP contribution in [0.25, 0.3) is 0 Å². The minimum Gasteiger partial charge on any atom is -0.345 e. The second-order valence-electron chi connectivity index (χ2n) is 5.16. The van der Waals surface area contributed by atoms with Crippen LogP contribution in [-0.4, -0.2) is 16.5 Å². The van der Waals surface area contributed by atoms with Gasteiger partial charge in [0.05, 0.1) is 0 Å². The summed E-state index contributed by atoms with van der Waals surface area (Å²) < 4.78 is 0. The molecule has 0 amide bonds. The zero-order chi connectivity index (χ0) is 11.4. The van der Waals surface area contributed by atoms with Crippen LogP contribution in [-0.2, 0) is 6.54 Å². The Balaban J connectivity index is 1.78. The predicted molar refractivity (Wildman–Crippen MR) is 66.2 cm³/mol. The molecule has 2 rings (SSSR count). The summed E-state index contributed by atoms with van der Waals surface area (Å²) in [5.41, 5.74) is 1.77. The molecule has 1 aromatic rings. The Labute approximate surface area is 98.1 Å². The van der Waals surface area contributed by atoms with Gasteiger partial charge in [-0.2, -0.15) is 0 Å². The van der Waals surface area contributed by atoms with E-state index in [1.54, 1.807) is 0 Å². The van der Waals surface area contributed by atoms with Crippen molar-refractivity contribution in [2.24, 2.45) is 5.41 Å². The van der Waals surface area contributed by atoms with Crippen molar-refractivity contribution in [2.45, 2.75) is 52.5 Å². The SMILES string of the molecule is CCC1(CNCc2cnc(C)[nH]2)CCCC1. The largest absolute Gasteiger partial charge is 0.345 e. The summed E-state index contributed by atoms with van der Waals surface area (Å²) in [6.07, 6.45) is 8.87. The highest BCUT2D eigenvalue weighted by molar-refractivity contribution is 4.99. The molecule has 1 saturated carbocycles. The lowest BCUT2D eigenvalue weighted by atomic mass is 9.83. The number of nitrogens with zero attached hydrogens (tertiary/aromatic N) is 1. The van der Waals surface area contributed by atoms with Gasteiger partial charge < -0.3 is 10.3 Å². The topological polar surface area (TPSA) is 40.7 Å². The molecule has 1 heterocycles. The molecule has 0 saturated heterocycles. The first-order chi connectivity index (χ1) is 7.74. The van der Waals surface area contributed by atoms with Gasteiger partial charge in [0, 0.05) is 25.0 Å². The molecule has 0 spiro atoms. The smallest absolute Gasteiger partial charge is 0.103 e. The lowest BCUT2D eigenvalue weighted by Gasteiger charge is -2.27. The third kappa shape index (κ3) is 2.64. The van der Waals surface area contributed by atoms with Crippen LogP contribution in [0.2, 0.25) is 0 Å². The maximum Gasteiger partial charge on any atom is 0.103 e. The van der Waals surface area contributed by atoms with E-state index in [9.17, 15) is 0 Å². The van der Waals surface area contributed by atoms with Crippen molar-refractivity contribution >= 4 is 0 Å². The van der Waals surface area contributed by atoms with Gasteiger partial charge in [0.15, 0.2) is 0 Å². The molecule has 16 heavy (non-hydrogen) atoms. The molecule has 0 bridgehead atoms. The van der Waals surface area contributed by atoms with E-state index in [1.807, 2.05) is 13.1 Å². The summed E-state index contributed by atoms with van der Waals surface area (Å²) in [5.74, 6) is 1.00. The van der Waals surface area contributed by atoms with E-state index in [-0.39, 0.29) is 0 Å². The minimum absolute atomic E-state index is 0.578. The predicted octanol–water partition coefficient (Wildman–Crippen LogP) is 2.78. The average Bonchev–Trinajstić information content (AvgIpc) is 2.89. The molecular formula is C13H23N3. The Morgan fingerprint density at radius 2 is 2.19 bits per heavy atom. The maximum atomic E-state index is 4.21. The van der Waals surface area contributed by atoms with E-state index in [0.29, 0.717) is 5.41 Å². The summed E-state index contributed by atoms with van der Waals surface area (Å²) in [4.78, 5) is 7.47. The first kappa shape index (κ1) is 11.6. The van der Waals surface area contributed by atoms with Crippen molar-refractivity contribution in [1.82, 2.24) is 15.3 Å². The van der Waals surface area contributed by atoms with E-state index in [0.717, 1.165) is 18.9 Å². The molecule has 90 valence electrons. The van der Waals surface area contributed by atoms with Gasteiger partial charge in [0.25, 0.3) is 0 Å². The Bertz CT molecular complexity index is 324. The van der Waals surface area contributed by atoms with Crippen molar-refractivity contribution in [2.75, 3.05) is 6.54 Å². The van der Waals surface area contributed by atoms with Crippen LogP contribution >= 0.6 is 0 Å². The highest BCUT2D eigenvalue weighted by Gasteiger charge is 2.31. The van der Waals surface area contributed by atoms with Crippen LogP contribution in [0.3, 0.4) is 0 Å². The molecule has 1 fully saturated rings. The molecule has 0 aromatic carbocycles. The molecule has 2 N–H and O–H groups in total. The monoisotopic (exact) mass is 221 g/mol. The highest BCUT2D eigenvalue weighted by atomic mass is 15.0. The zero-order valence-electron chi connectivity index (χ0n) is 10.5. The molecular weight excluding hydrogens is 198 g/mol. The van der Waals surface area contributed by atoms with Crippen molar-refractivity contribution < 1.29 is 0 Å². The van der Waals surface area contributed by atoms with Crippen LogP contribution in [0.4, 0.5) is 0 Å². The van der Waals surface area contributed by atoms with Gasteiger partial charge >= 0.3 is 0 Å². The summed E-state index contributed by atoms with van der Waals surface area (Å²) in [5, 5.41) is 3.58. The summed E-state index contributed by atoms with van der Waals surface area (Å²) >= 11 is 0. The quantitative estimate of drug-likeness (QED) is 0.802. The van der Waals surface area contributed by atoms with Gasteiger partial charge in [-0.25, -0.2) is 4.98 Å². The summed E-state index contributed by atoms with van der Waals surface area (Å²) in [6, 6.07) is 0. The number of aryl methyl sites for hydroxylation is 1. The van der Waals surface area contributed by atoms with E-state index in [2.05, 4.69) is 22.2 Å². The highest BCUT2D eigenvalue weighted by Crippen LogP contribution is 2.40. The van der Waals surface area contributed by atoms with Crippen LogP contribution < -0.4 is 5.32 Å². The maximum absolute atomic E-state index is 4.21. The fourth-order valence-electron chi connectivity index (χ4n) is 2.80. The third-order valence-corrected chi connectivity index (χ3v) is 3.99. The molecule has 3 nitrogen and oxygen atoms in total. The Kier molecular flexibility index (Phi) is 3.64. The van der Waals surface area contributed by atoms with E-state index in [4.69, 9.17) is 0 Å². The summed E-state index contributed by atoms with van der Waals surface area (Å²) in [6.45, 7) is 6.39. The van der Waals surface area contributed by atoms with Crippen molar-refractivity contribution in [3.8, 4) is 0 Å². The number of nitrogens with one attached hydrogen (secondary N) is 2. The molecule has 0 atom stereocenters. The van der Waals surface area contributed by atoms with E-state index >= 15 is 0 Å². The van der Waals surface area contributed by atoms with Gasteiger partial charge in [0.1, 0.15) is 5.82 Å². The van der Waals surface area contributed by atoms with Gasteiger partial charge in [-0.15, -0.1) is 0 Å². The fraction of sp³-hybridized carbons (Fsp3) is 0.769. The van der Waals surface area contributed by atoms with Crippen LogP contribution in [0, 0.1) is 12.3 Å². The van der Waals surface area contributed by atoms with Crippen LogP contribution in [0.15, 0.2) is 6.20 Å². The zero-order valence-corrected chi connectivity index (χ0v) is 10.5.